The van der Waals surface area contributed by atoms with Crippen molar-refractivity contribution < 1.29 is 14.4 Å². The summed E-state index contributed by atoms with van der Waals surface area (Å²) in [7, 11) is 0. The largest absolute Gasteiger partial charge is 0.369 e. The summed E-state index contributed by atoms with van der Waals surface area (Å²) in [5, 5.41) is 0. The summed E-state index contributed by atoms with van der Waals surface area (Å²) in [6.45, 7) is 7.03. The molecule has 0 aromatic heterocycles. The maximum absolute atomic E-state index is 13.0. The minimum atomic E-state index is -0.441. The van der Waals surface area contributed by atoms with Crippen LogP contribution < -0.4 is 11.5 Å². The average molecular weight is 325 g/mol. The number of amides is 3. The van der Waals surface area contributed by atoms with Gasteiger partial charge in [-0.1, -0.05) is 27.2 Å². The van der Waals surface area contributed by atoms with E-state index in [0.717, 1.165) is 19.3 Å². The molecule has 0 spiro atoms. The van der Waals surface area contributed by atoms with Gasteiger partial charge < -0.3 is 16.4 Å². The fourth-order valence-corrected chi connectivity index (χ4v) is 3.44. The number of carbonyl (C=O) groups excluding carboxylic acids is 3. The fraction of sp³-hybridized carbons (Fsp3) is 0.824. The molecule has 3 atom stereocenters. The SMILES string of the molecule is CCC[C@H](C(N)=O)C(CC(C)C)C(=O)N1CCCC(C(N)=O)C1. The Hall–Kier alpha value is -1.59. The third-order valence-electron chi connectivity index (χ3n) is 4.63. The number of nitrogens with zero attached hydrogens (tertiary/aromatic N) is 1. The van der Waals surface area contributed by atoms with Crippen LogP contribution in [0.2, 0.25) is 0 Å². The van der Waals surface area contributed by atoms with Gasteiger partial charge in [0.1, 0.15) is 0 Å². The van der Waals surface area contributed by atoms with E-state index < -0.39 is 17.7 Å². The lowest BCUT2D eigenvalue weighted by Crippen LogP contribution is -2.49. The van der Waals surface area contributed by atoms with Gasteiger partial charge in [0, 0.05) is 24.9 Å². The van der Waals surface area contributed by atoms with Crippen LogP contribution >= 0.6 is 0 Å². The van der Waals surface area contributed by atoms with Crippen LogP contribution in [0.4, 0.5) is 0 Å². The molecular formula is C17H31N3O3. The highest BCUT2D eigenvalue weighted by molar-refractivity contribution is 5.87. The zero-order valence-electron chi connectivity index (χ0n) is 14.6. The highest BCUT2D eigenvalue weighted by Crippen LogP contribution is 2.28. The van der Waals surface area contributed by atoms with E-state index in [0.29, 0.717) is 31.8 Å². The summed E-state index contributed by atoms with van der Waals surface area (Å²) in [6.07, 6.45) is 3.54. The van der Waals surface area contributed by atoms with Gasteiger partial charge in [-0.25, -0.2) is 0 Å². The monoisotopic (exact) mass is 325 g/mol. The van der Waals surface area contributed by atoms with Crippen molar-refractivity contribution in [3.05, 3.63) is 0 Å². The molecule has 1 saturated heterocycles. The highest BCUT2D eigenvalue weighted by Gasteiger charge is 2.37. The van der Waals surface area contributed by atoms with E-state index in [-0.39, 0.29) is 17.7 Å². The number of piperidine rings is 1. The predicted molar refractivity (Wildman–Crippen MR) is 89.0 cm³/mol. The summed E-state index contributed by atoms with van der Waals surface area (Å²) >= 11 is 0. The second kappa shape index (κ2) is 8.89. The molecule has 1 fully saturated rings. The van der Waals surface area contributed by atoms with Crippen LogP contribution in [0, 0.1) is 23.7 Å². The van der Waals surface area contributed by atoms with Crippen molar-refractivity contribution in [1.29, 1.82) is 0 Å². The minimum absolute atomic E-state index is 0.0538. The van der Waals surface area contributed by atoms with Crippen LogP contribution in [0.25, 0.3) is 0 Å². The van der Waals surface area contributed by atoms with Crippen LogP contribution in [-0.2, 0) is 14.4 Å². The number of primary amides is 2. The smallest absolute Gasteiger partial charge is 0.226 e. The van der Waals surface area contributed by atoms with Gasteiger partial charge in [-0.05, 0) is 31.6 Å². The molecule has 1 heterocycles. The molecule has 1 aliphatic rings. The number of nitrogens with two attached hydrogens (primary N) is 2. The van der Waals surface area contributed by atoms with Gasteiger partial charge in [-0.15, -0.1) is 0 Å². The normalized spacial score (nSPS) is 21.0. The van der Waals surface area contributed by atoms with Gasteiger partial charge in [0.2, 0.25) is 17.7 Å². The Balaban J connectivity index is 2.93. The van der Waals surface area contributed by atoms with E-state index in [1.807, 2.05) is 20.8 Å². The van der Waals surface area contributed by atoms with Crippen molar-refractivity contribution in [2.24, 2.45) is 35.1 Å². The molecule has 0 aromatic carbocycles. The third-order valence-corrected chi connectivity index (χ3v) is 4.63. The van der Waals surface area contributed by atoms with Gasteiger partial charge in [0.25, 0.3) is 0 Å². The van der Waals surface area contributed by atoms with Gasteiger partial charge in [0.05, 0.1) is 5.92 Å². The highest BCUT2D eigenvalue weighted by atomic mass is 16.2. The lowest BCUT2D eigenvalue weighted by atomic mass is 9.80. The zero-order valence-corrected chi connectivity index (χ0v) is 14.6. The lowest BCUT2D eigenvalue weighted by molar-refractivity contribution is -0.144. The quantitative estimate of drug-likeness (QED) is 0.702. The number of likely N-dealkylation sites (tertiary alicyclic amines) is 1. The average Bonchev–Trinajstić information content (AvgIpc) is 2.49. The van der Waals surface area contributed by atoms with E-state index in [1.165, 1.54) is 0 Å². The maximum Gasteiger partial charge on any atom is 0.226 e. The Bertz CT molecular complexity index is 437. The third kappa shape index (κ3) is 5.52. The Morgan fingerprint density at radius 1 is 1.17 bits per heavy atom. The summed E-state index contributed by atoms with van der Waals surface area (Å²) in [5.74, 6) is -1.66. The number of carbonyl (C=O) groups is 3. The summed E-state index contributed by atoms with van der Waals surface area (Å²) in [5.41, 5.74) is 10.9. The molecular weight excluding hydrogens is 294 g/mol. The Morgan fingerprint density at radius 2 is 1.83 bits per heavy atom. The van der Waals surface area contributed by atoms with Gasteiger partial charge >= 0.3 is 0 Å². The molecule has 23 heavy (non-hydrogen) atoms. The van der Waals surface area contributed by atoms with Crippen LogP contribution in [0.15, 0.2) is 0 Å². The minimum Gasteiger partial charge on any atom is -0.369 e. The molecule has 0 bridgehead atoms. The molecule has 1 rings (SSSR count). The zero-order chi connectivity index (χ0) is 17.6. The Labute approximate surface area is 138 Å². The number of rotatable bonds is 8. The fourth-order valence-electron chi connectivity index (χ4n) is 3.44. The van der Waals surface area contributed by atoms with Crippen LogP contribution in [0.1, 0.15) is 52.9 Å². The first-order valence-electron chi connectivity index (χ1n) is 8.65. The van der Waals surface area contributed by atoms with Crippen molar-refractivity contribution in [1.82, 2.24) is 4.90 Å². The lowest BCUT2D eigenvalue weighted by Gasteiger charge is -2.36. The summed E-state index contributed by atoms with van der Waals surface area (Å²) in [4.78, 5) is 38.0. The topological polar surface area (TPSA) is 106 Å². The van der Waals surface area contributed by atoms with Crippen molar-refractivity contribution in [2.75, 3.05) is 13.1 Å². The standard InChI is InChI=1S/C17H31N3O3/c1-4-6-13(16(19)22)14(9-11(2)3)17(23)20-8-5-7-12(10-20)15(18)21/h11-14H,4-10H2,1-3H3,(H2,18,21)(H2,19,22)/t12?,13-,14?/m0/s1. The van der Waals surface area contributed by atoms with E-state index >= 15 is 0 Å². The first-order valence-corrected chi connectivity index (χ1v) is 8.65. The van der Waals surface area contributed by atoms with E-state index in [2.05, 4.69) is 0 Å². The molecule has 3 amide bonds. The van der Waals surface area contributed by atoms with Crippen molar-refractivity contribution in [3.63, 3.8) is 0 Å². The molecule has 0 aromatic rings. The van der Waals surface area contributed by atoms with Gasteiger partial charge in [0.15, 0.2) is 0 Å². The molecule has 0 saturated carbocycles. The Morgan fingerprint density at radius 3 is 2.30 bits per heavy atom. The summed E-state index contributed by atoms with van der Waals surface area (Å²) < 4.78 is 0. The number of hydrogen-bond donors (Lipinski definition) is 2. The van der Waals surface area contributed by atoms with E-state index in [4.69, 9.17) is 11.5 Å². The molecule has 132 valence electrons. The summed E-state index contributed by atoms with van der Waals surface area (Å²) in [6, 6.07) is 0. The molecule has 2 unspecified atom stereocenters. The second-order valence-electron chi connectivity index (χ2n) is 7.06. The maximum atomic E-state index is 13.0. The molecule has 0 radical (unpaired) electrons. The van der Waals surface area contributed by atoms with E-state index in [9.17, 15) is 14.4 Å². The predicted octanol–water partition coefficient (Wildman–Crippen LogP) is 1.27. The van der Waals surface area contributed by atoms with Crippen LogP contribution in [0.5, 0.6) is 0 Å². The number of hydrogen-bond acceptors (Lipinski definition) is 3. The molecule has 0 aliphatic carbocycles. The Kier molecular flexibility index (Phi) is 7.52. The van der Waals surface area contributed by atoms with Crippen LogP contribution in [-0.4, -0.2) is 35.7 Å². The van der Waals surface area contributed by atoms with Gasteiger partial charge in [-0.3, -0.25) is 14.4 Å². The molecule has 1 aliphatic heterocycles. The van der Waals surface area contributed by atoms with Crippen molar-refractivity contribution in [3.8, 4) is 0 Å². The second-order valence-corrected chi connectivity index (χ2v) is 7.06. The molecule has 6 heteroatoms. The first-order chi connectivity index (χ1) is 10.8. The van der Waals surface area contributed by atoms with Crippen molar-refractivity contribution >= 4 is 17.7 Å². The van der Waals surface area contributed by atoms with E-state index in [1.54, 1.807) is 4.90 Å². The van der Waals surface area contributed by atoms with Crippen molar-refractivity contribution in [2.45, 2.75) is 52.9 Å². The van der Waals surface area contributed by atoms with Gasteiger partial charge in [-0.2, -0.15) is 0 Å². The molecule has 4 N–H and O–H groups in total. The first kappa shape index (κ1) is 19.5. The van der Waals surface area contributed by atoms with Crippen LogP contribution in [0.3, 0.4) is 0 Å². The molecule has 6 nitrogen and oxygen atoms in total.